The van der Waals surface area contributed by atoms with Gasteiger partial charge in [0.25, 0.3) is 5.91 Å². The van der Waals surface area contributed by atoms with Crippen molar-refractivity contribution in [3.8, 4) is 5.75 Å². The molecule has 0 aliphatic rings. The smallest absolute Gasteiger partial charge is 0.257 e. The highest BCUT2D eigenvalue weighted by molar-refractivity contribution is 6.31. The molecule has 0 saturated carbocycles. The van der Waals surface area contributed by atoms with Crippen LogP contribution in [0.2, 0.25) is 5.02 Å². The minimum Gasteiger partial charge on any atom is -0.484 e. The van der Waals surface area contributed by atoms with E-state index in [1.807, 2.05) is 79.9 Å². The Morgan fingerprint density at radius 1 is 1.03 bits per heavy atom. The second-order valence-electron chi connectivity index (χ2n) is 7.27. The summed E-state index contributed by atoms with van der Waals surface area (Å²) in [5, 5.41) is 4.81. The van der Waals surface area contributed by atoms with Gasteiger partial charge in [-0.25, -0.2) is 0 Å². The predicted molar refractivity (Wildman–Crippen MR) is 121 cm³/mol. The number of nitrogens with one attached hydrogen (secondary N) is 2. The number of H-pyrrole nitrogens is 1. The van der Waals surface area contributed by atoms with E-state index in [1.54, 1.807) is 0 Å². The van der Waals surface area contributed by atoms with Gasteiger partial charge in [0.15, 0.2) is 6.61 Å². The van der Waals surface area contributed by atoms with Crippen LogP contribution in [0.5, 0.6) is 5.75 Å². The van der Waals surface area contributed by atoms with Crippen LogP contribution in [-0.2, 0) is 4.79 Å². The number of ether oxygens (including phenoxy) is 1. The summed E-state index contributed by atoms with van der Waals surface area (Å²) in [7, 11) is 0. The molecular weight excluding hydrogens is 396 g/mol. The average Bonchev–Trinajstić information content (AvgIpc) is 3.18. The van der Waals surface area contributed by atoms with Gasteiger partial charge in [0, 0.05) is 34.6 Å². The lowest BCUT2D eigenvalue weighted by molar-refractivity contribution is -0.123. The standard InChI is InChI=1S/C25H23ClN2O2/c1-17-7-6-8-18(13-17)30-16-25(29)28-15-21(19-9-2-4-11-23(19)26)22-14-27-24-12-5-3-10-20(22)24/h2-14,21,27H,15-16H2,1H3,(H,28,29)/t21-/m1/s1. The number of hydrogen-bond donors (Lipinski definition) is 2. The Hall–Kier alpha value is -3.24. The third-order valence-electron chi connectivity index (χ3n) is 5.14. The summed E-state index contributed by atoms with van der Waals surface area (Å²) < 4.78 is 5.63. The zero-order valence-electron chi connectivity index (χ0n) is 16.7. The third kappa shape index (κ3) is 4.50. The molecule has 1 heterocycles. The largest absolute Gasteiger partial charge is 0.484 e. The number of hydrogen-bond acceptors (Lipinski definition) is 2. The van der Waals surface area contributed by atoms with E-state index in [4.69, 9.17) is 16.3 Å². The lowest BCUT2D eigenvalue weighted by atomic mass is 9.91. The van der Waals surface area contributed by atoms with Gasteiger partial charge in [0.1, 0.15) is 5.75 Å². The fourth-order valence-corrected chi connectivity index (χ4v) is 3.92. The van der Waals surface area contributed by atoms with Crippen LogP contribution >= 0.6 is 11.6 Å². The summed E-state index contributed by atoms with van der Waals surface area (Å²) in [4.78, 5) is 15.8. The molecule has 0 unspecified atom stereocenters. The Kier molecular flexibility index (Phi) is 6.05. The number of rotatable bonds is 7. The number of aromatic nitrogens is 1. The number of amides is 1. The fourth-order valence-electron chi connectivity index (χ4n) is 3.65. The van der Waals surface area contributed by atoms with Gasteiger partial charge in [-0.15, -0.1) is 0 Å². The molecule has 1 amide bonds. The van der Waals surface area contributed by atoms with E-state index in [2.05, 4.69) is 16.4 Å². The van der Waals surface area contributed by atoms with Crippen molar-refractivity contribution >= 4 is 28.4 Å². The van der Waals surface area contributed by atoms with Gasteiger partial charge in [-0.2, -0.15) is 0 Å². The molecule has 4 aromatic rings. The van der Waals surface area contributed by atoms with Crippen molar-refractivity contribution in [2.45, 2.75) is 12.8 Å². The lowest BCUT2D eigenvalue weighted by Crippen LogP contribution is -2.32. The topological polar surface area (TPSA) is 54.1 Å². The SMILES string of the molecule is Cc1cccc(OCC(=O)NC[C@H](c2ccccc2Cl)c2c[nH]c3ccccc23)c1. The summed E-state index contributed by atoms with van der Waals surface area (Å²) in [5.41, 5.74) is 4.21. The molecule has 0 fully saturated rings. The molecule has 0 bridgehead atoms. The van der Waals surface area contributed by atoms with Gasteiger partial charge < -0.3 is 15.0 Å². The maximum Gasteiger partial charge on any atom is 0.257 e. The number of carbonyl (C=O) groups excluding carboxylic acids is 1. The van der Waals surface area contributed by atoms with Crippen LogP contribution in [0.1, 0.15) is 22.6 Å². The van der Waals surface area contributed by atoms with Crippen molar-refractivity contribution in [3.63, 3.8) is 0 Å². The first kappa shape index (κ1) is 20.0. The van der Waals surface area contributed by atoms with Gasteiger partial charge in [-0.1, -0.05) is 60.1 Å². The first-order valence-corrected chi connectivity index (χ1v) is 10.3. The normalized spacial score (nSPS) is 11.9. The Morgan fingerprint density at radius 3 is 2.67 bits per heavy atom. The van der Waals surface area contributed by atoms with Crippen molar-refractivity contribution in [1.29, 1.82) is 0 Å². The molecular formula is C25H23ClN2O2. The van der Waals surface area contributed by atoms with Gasteiger partial charge in [-0.05, 0) is 47.9 Å². The van der Waals surface area contributed by atoms with Gasteiger partial charge in [0.05, 0.1) is 0 Å². The molecule has 0 saturated heterocycles. The molecule has 0 spiro atoms. The maximum atomic E-state index is 12.5. The highest BCUT2D eigenvalue weighted by Crippen LogP contribution is 2.34. The van der Waals surface area contributed by atoms with Crippen LogP contribution in [-0.4, -0.2) is 24.0 Å². The maximum absolute atomic E-state index is 12.5. The van der Waals surface area contributed by atoms with Crippen LogP contribution in [0, 0.1) is 6.92 Å². The van der Waals surface area contributed by atoms with E-state index < -0.39 is 0 Å². The Morgan fingerprint density at radius 2 is 1.83 bits per heavy atom. The van der Waals surface area contributed by atoms with Crippen LogP contribution in [0.25, 0.3) is 10.9 Å². The number of carbonyl (C=O) groups is 1. The van der Waals surface area contributed by atoms with Crippen LogP contribution in [0.4, 0.5) is 0 Å². The van der Waals surface area contributed by atoms with E-state index in [-0.39, 0.29) is 18.4 Å². The Labute approximate surface area is 180 Å². The molecule has 5 heteroatoms. The monoisotopic (exact) mass is 418 g/mol. The van der Waals surface area contributed by atoms with Crippen molar-refractivity contribution < 1.29 is 9.53 Å². The van der Waals surface area contributed by atoms with Gasteiger partial charge >= 0.3 is 0 Å². The van der Waals surface area contributed by atoms with Crippen LogP contribution < -0.4 is 10.1 Å². The second kappa shape index (κ2) is 9.06. The molecule has 1 atom stereocenters. The number of benzene rings is 3. The quantitative estimate of drug-likeness (QED) is 0.419. The molecule has 152 valence electrons. The van der Waals surface area contributed by atoms with E-state index >= 15 is 0 Å². The number of fused-ring (bicyclic) bond motifs is 1. The highest BCUT2D eigenvalue weighted by Gasteiger charge is 2.21. The summed E-state index contributed by atoms with van der Waals surface area (Å²) in [6, 6.07) is 23.5. The third-order valence-corrected chi connectivity index (χ3v) is 5.48. The van der Waals surface area contributed by atoms with Crippen molar-refractivity contribution in [3.05, 3.63) is 101 Å². The van der Waals surface area contributed by atoms with Crippen molar-refractivity contribution in [1.82, 2.24) is 10.3 Å². The minimum atomic E-state index is -0.173. The molecule has 3 aromatic carbocycles. The van der Waals surface area contributed by atoms with Gasteiger partial charge in [0.2, 0.25) is 0 Å². The lowest BCUT2D eigenvalue weighted by Gasteiger charge is -2.19. The average molecular weight is 419 g/mol. The molecule has 4 rings (SSSR count). The highest BCUT2D eigenvalue weighted by atomic mass is 35.5. The van der Waals surface area contributed by atoms with E-state index in [0.717, 1.165) is 27.6 Å². The zero-order chi connectivity index (χ0) is 20.9. The summed E-state index contributed by atoms with van der Waals surface area (Å²) in [5.74, 6) is 0.426. The molecule has 4 nitrogen and oxygen atoms in total. The second-order valence-corrected chi connectivity index (χ2v) is 7.68. The first-order chi connectivity index (χ1) is 14.6. The molecule has 0 radical (unpaired) electrons. The number of para-hydroxylation sites is 1. The Balaban J connectivity index is 1.52. The predicted octanol–water partition coefficient (Wildman–Crippen LogP) is 5.46. The van der Waals surface area contributed by atoms with E-state index in [0.29, 0.717) is 17.3 Å². The summed E-state index contributed by atoms with van der Waals surface area (Å²) >= 11 is 6.51. The van der Waals surface area contributed by atoms with Crippen molar-refractivity contribution in [2.24, 2.45) is 0 Å². The molecule has 30 heavy (non-hydrogen) atoms. The molecule has 0 aliphatic heterocycles. The van der Waals surface area contributed by atoms with Crippen LogP contribution in [0.15, 0.2) is 79.0 Å². The van der Waals surface area contributed by atoms with E-state index in [9.17, 15) is 4.79 Å². The number of aryl methyl sites for hydroxylation is 1. The number of aromatic amines is 1. The van der Waals surface area contributed by atoms with Crippen molar-refractivity contribution in [2.75, 3.05) is 13.2 Å². The van der Waals surface area contributed by atoms with Crippen LogP contribution in [0.3, 0.4) is 0 Å². The molecule has 2 N–H and O–H groups in total. The van der Waals surface area contributed by atoms with Gasteiger partial charge in [-0.3, -0.25) is 4.79 Å². The fraction of sp³-hybridized carbons (Fsp3) is 0.160. The first-order valence-electron chi connectivity index (χ1n) is 9.88. The number of halogens is 1. The Bertz CT molecular complexity index is 1170. The minimum absolute atomic E-state index is 0.0351. The van der Waals surface area contributed by atoms with E-state index in [1.165, 1.54) is 0 Å². The summed E-state index contributed by atoms with van der Waals surface area (Å²) in [6.07, 6.45) is 1.99. The molecule has 1 aromatic heterocycles. The molecule has 0 aliphatic carbocycles. The summed E-state index contributed by atoms with van der Waals surface area (Å²) in [6.45, 7) is 2.37. The zero-order valence-corrected chi connectivity index (χ0v) is 17.4.